The summed E-state index contributed by atoms with van der Waals surface area (Å²) in [6.45, 7) is 6.91. The fourth-order valence-corrected chi connectivity index (χ4v) is 4.16. The van der Waals surface area contributed by atoms with Crippen molar-refractivity contribution in [2.24, 2.45) is 0 Å². The van der Waals surface area contributed by atoms with E-state index in [1.807, 2.05) is 51.1 Å². The molecule has 0 radical (unpaired) electrons. The van der Waals surface area contributed by atoms with E-state index in [4.69, 9.17) is 14.2 Å². The van der Waals surface area contributed by atoms with Crippen LogP contribution in [0.15, 0.2) is 47.4 Å². The number of rotatable bonds is 11. The fraction of sp³-hybridized carbons (Fsp3) is 0.320. The number of hydrogen-bond acceptors (Lipinski definition) is 7. The second-order valence-corrected chi connectivity index (χ2v) is 8.09. The lowest BCUT2D eigenvalue weighted by molar-refractivity contribution is -0.122. The summed E-state index contributed by atoms with van der Waals surface area (Å²) in [5.41, 5.74) is 1.17. The third-order valence-corrected chi connectivity index (χ3v) is 5.67. The first-order valence-corrected chi connectivity index (χ1v) is 11.9. The van der Waals surface area contributed by atoms with Crippen LogP contribution in [0.4, 0.5) is 4.79 Å². The van der Waals surface area contributed by atoms with Crippen molar-refractivity contribution in [1.82, 2.24) is 10.2 Å². The summed E-state index contributed by atoms with van der Waals surface area (Å²) < 4.78 is 17.0. The van der Waals surface area contributed by atoms with Crippen LogP contribution in [0, 0.1) is 0 Å². The number of thioether (sulfide) groups is 1. The normalized spacial score (nSPS) is 14.4. The van der Waals surface area contributed by atoms with Gasteiger partial charge in [0.25, 0.3) is 17.1 Å². The van der Waals surface area contributed by atoms with Crippen LogP contribution >= 0.6 is 11.8 Å². The molecule has 0 bridgehead atoms. The molecule has 0 aliphatic carbocycles. The van der Waals surface area contributed by atoms with E-state index in [1.54, 1.807) is 18.2 Å². The van der Waals surface area contributed by atoms with Crippen LogP contribution < -0.4 is 19.5 Å². The standard InChI is InChI=1S/C25H28N2O6S/c1-4-31-19-15-18(16-20(32-5-2)22(19)33-6-3)23(28)26-12-13-27-24(29)21(34-25(27)30)14-17-10-8-7-9-11-17/h7-11,14-16H,4-6,12-13H2,1-3H3,(H,26,28)/b21-14-. The summed E-state index contributed by atoms with van der Waals surface area (Å²) in [6.07, 6.45) is 1.69. The molecule has 1 aliphatic rings. The number of carbonyl (C=O) groups is 3. The smallest absolute Gasteiger partial charge is 0.293 e. The highest BCUT2D eigenvalue weighted by Crippen LogP contribution is 2.39. The zero-order valence-corrected chi connectivity index (χ0v) is 20.3. The van der Waals surface area contributed by atoms with Crippen LogP contribution in [0.25, 0.3) is 6.08 Å². The highest BCUT2D eigenvalue weighted by Gasteiger charge is 2.34. The minimum atomic E-state index is -0.378. The van der Waals surface area contributed by atoms with E-state index in [-0.39, 0.29) is 30.1 Å². The summed E-state index contributed by atoms with van der Waals surface area (Å²) in [4.78, 5) is 39.3. The van der Waals surface area contributed by atoms with Gasteiger partial charge in [-0.05, 0) is 56.3 Å². The van der Waals surface area contributed by atoms with E-state index in [2.05, 4.69) is 5.32 Å². The summed E-state index contributed by atoms with van der Waals surface area (Å²) in [7, 11) is 0. The molecule has 180 valence electrons. The van der Waals surface area contributed by atoms with Crippen LogP contribution in [-0.4, -0.2) is 54.9 Å². The molecule has 0 saturated carbocycles. The molecule has 1 saturated heterocycles. The minimum Gasteiger partial charge on any atom is -0.490 e. The molecule has 1 N–H and O–H groups in total. The van der Waals surface area contributed by atoms with Gasteiger partial charge >= 0.3 is 0 Å². The maximum Gasteiger partial charge on any atom is 0.293 e. The van der Waals surface area contributed by atoms with Gasteiger partial charge < -0.3 is 19.5 Å². The molecule has 34 heavy (non-hydrogen) atoms. The molecule has 1 fully saturated rings. The maximum absolute atomic E-state index is 12.8. The first-order valence-electron chi connectivity index (χ1n) is 11.1. The van der Waals surface area contributed by atoms with Crippen molar-refractivity contribution in [3.05, 3.63) is 58.5 Å². The van der Waals surface area contributed by atoms with Gasteiger partial charge in [0.05, 0.1) is 24.7 Å². The molecule has 1 heterocycles. The van der Waals surface area contributed by atoms with Crippen molar-refractivity contribution in [1.29, 1.82) is 0 Å². The quantitative estimate of drug-likeness (QED) is 0.474. The van der Waals surface area contributed by atoms with E-state index in [0.717, 1.165) is 22.2 Å². The van der Waals surface area contributed by atoms with Crippen LogP contribution in [0.2, 0.25) is 0 Å². The van der Waals surface area contributed by atoms with Gasteiger partial charge in [0, 0.05) is 18.7 Å². The van der Waals surface area contributed by atoms with E-state index >= 15 is 0 Å². The first kappa shape index (κ1) is 25.2. The van der Waals surface area contributed by atoms with E-state index < -0.39 is 0 Å². The Balaban J connectivity index is 1.67. The molecule has 2 aromatic rings. The Hall–Kier alpha value is -3.46. The summed E-state index contributed by atoms with van der Waals surface area (Å²) in [5, 5.41) is 2.39. The van der Waals surface area contributed by atoms with Crippen molar-refractivity contribution >= 4 is 34.9 Å². The van der Waals surface area contributed by atoms with Gasteiger partial charge in [-0.25, -0.2) is 0 Å². The molecule has 2 aromatic carbocycles. The summed E-state index contributed by atoms with van der Waals surface area (Å²) in [5.74, 6) is 0.531. The Labute approximate surface area is 203 Å². The Morgan fingerprint density at radius 1 is 0.971 bits per heavy atom. The van der Waals surface area contributed by atoms with Gasteiger partial charge in [0.15, 0.2) is 11.5 Å². The maximum atomic E-state index is 12.8. The van der Waals surface area contributed by atoms with Gasteiger partial charge in [0.1, 0.15) is 0 Å². The lowest BCUT2D eigenvalue weighted by Crippen LogP contribution is -2.37. The summed E-state index contributed by atoms with van der Waals surface area (Å²) in [6, 6.07) is 12.5. The zero-order valence-electron chi connectivity index (χ0n) is 19.5. The summed E-state index contributed by atoms with van der Waals surface area (Å²) >= 11 is 0.892. The highest BCUT2D eigenvalue weighted by atomic mass is 32.2. The Bertz CT molecular complexity index is 1040. The largest absolute Gasteiger partial charge is 0.490 e. The van der Waals surface area contributed by atoms with E-state index in [9.17, 15) is 14.4 Å². The van der Waals surface area contributed by atoms with E-state index in [0.29, 0.717) is 47.5 Å². The molecule has 0 aromatic heterocycles. The van der Waals surface area contributed by atoms with Crippen LogP contribution in [-0.2, 0) is 4.79 Å². The molecule has 3 amide bonds. The Morgan fingerprint density at radius 3 is 2.18 bits per heavy atom. The number of nitrogens with zero attached hydrogens (tertiary/aromatic N) is 1. The van der Waals surface area contributed by atoms with Crippen LogP contribution in [0.3, 0.4) is 0 Å². The Morgan fingerprint density at radius 2 is 1.59 bits per heavy atom. The average molecular weight is 485 g/mol. The molecule has 0 spiro atoms. The molecule has 0 unspecified atom stereocenters. The molecule has 8 nitrogen and oxygen atoms in total. The van der Waals surface area contributed by atoms with E-state index in [1.165, 1.54) is 0 Å². The number of hydrogen-bond donors (Lipinski definition) is 1. The second-order valence-electron chi connectivity index (χ2n) is 7.10. The van der Waals surface area contributed by atoms with Gasteiger partial charge in [-0.2, -0.15) is 0 Å². The monoisotopic (exact) mass is 484 g/mol. The number of benzene rings is 2. The van der Waals surface area contributed by atoms with Crippen molar-refractivity contribution in [2.45, 2.75) is 20.8 Å². The lowest BCUT2D eigenvalue weighted by atomic mass is 10.1. The van der Waals surface area contributed by atoms with Gasteiger partial charge in [-0.3, -0.25) is 19.3 Å². The minimum absolute atomic E-state index is 0.0657. The number of ether oxygens (including phenoxy) is 3. The van der Waals surface area contributed by atoms with Crippen LogP contribution in [0.1, 0.15) is 36.7 Å². The molecule has 3 rings (SSSR count). The van der Waals surface area contributed by atoms with Crippen molar-refractivity contribution in [3.8, 4) is 17.2 Å². The average Bonchev–Trinajstić information content (AvgIpc) is 3.09. The third-order valence-electron chi connectivity index (χ3n) is 4.76. The first-order chi connectivity index (χ1) is 16.5. The van der Waals surface area contributed by atoms with Gasteiger partial charge in [-0.15, -0.1) is 0 Å². The fourth-order valence-electron chi connectivity index (χ4n) is 3.30. The highest BCUT2D eigenvalue weighted by molar-refractivity contribution is 8.18. The van der Waals surface area contributed by atoms with Crippen molar-refractivity contribution in [3.63, 3.8) is 0 Å². The molecule has 1 aliphatic heterocycles. The second kappa shape index (κ2) is 12.1. The lowest BCUT2D eigenvalue weighted by Gasteiger charge is -2.17. The molecular formula is C25H28N2O6S. The predicted octanol–water partition coefficient (Wildman–Crippen LogP) is 4.35. The SMILES string of the molecule is CCOc1cc(C(=O)NCCN2C(=O)S/C(=C\c3ccccc3)C2=O)cc(OCC)c1OCC. The number of imide groups is 1. The number of nitrogens with one attached hydrogen (secondary N) is 1. The van der Waals surface area contributed by atoms with Gasteiger partial charge in [-0.1, -0.05) is 30.3 Å². The molecule has 0 atom stereocenters. The van der Waals surface area contributed by atoms with Crippen molar-refractivity contribution < 1.29 is 28.6 Å². The van der Waals surface area contributed by atoms with Crippen molar-refractivity contribution in [2.75, 3.05) is 32.9 Å². The Kier molecular flexibility index (Phi) is 8.98. The topological polar surface area (TPSA) is 94.2 Å². The van der Waals surface area contributed by atoms with Crippen LogP contribution in [0.5, 0.6) is 17.2 Å². The zero-order chi connectivity index (χ0) is 24.5. The third kappa shape index (κ3) is 6.11. The number of carbonyl (C=O) groups excluding carboxylic acids is 3. The predicted molar refractivity (Wildman–Crippen MR) is 131 cm³/mol. The molecule has 9 heteroatoms. The molecular weight excluding hydrogens is 456 g/mol. The van der Waals surface area contributed by atoms with Gasteiger partial charge in [0.2, 0.25) is 5.75 Å². The number of amides is 3.